The lowest BCUT2D eigenvalue weighted by Gasteiger charge is -2.46. The van der Waals surface area contributed by atoms with Crippen LogP contribution in [-0.4, -0.2) is 43.0 Å². The van der Waals surface area contributed by atoms with Crippen molar-refractivity contribution in [2.45, 2.75) is 12.0 Å². The van der Waals surface area contributed by atoms with Gasteiger partial charge in [-0.1, -0.05) is 54.6 Å². The molecule has 2 atom stereocenters. The fourth-order valence-electron chi connectivity index (χ4n) is 3.91. The first-order chi connectivity index (χ1) is 10.3. The van der Waals surface area contributed by atoms with Crippen molar-refractivity contribution >= 4 is 24.8 Å². The van der Waals surface area contributed by atoms with Crippen molar-refractivity contribution in [2.75, 3.05) is 33.2 Å². The number of nitrogens with zero attached hydrogens (tertiary/aromatic N) is 2. The van der Waals surface area contributed by atoms with E-state index in [4.69, 9.17) is 0 Å². The lowest BCUT2D eigenvalue weighted by atomic mass is 9.80. The molecule has 2 aliphatic rings. The molecule has 2 heterocycles. The molecule has 124 valence electrons. The summed E-state index contributed by atoms with van der Waals surface area (Å²) in [5, 5.41) is 0. The summed E-state index contributed by atoms with van der Waals surface area (Å²) in [6, 6.07) is 20.6. The maximum absolute atomic E-state index is 2.68. The van der Waals surface area contributed by atoms with E-state index in [2.05, 4.69) is 71.4 Å². The highest BCUT2D eigenvalue weighted by atomic mass is 35.5. The monoisotopic (exact) mass is 350 g/mol. The summed E-state index contributed by atoms with van der Waals surface area (Å²) in [5.41, 5.74) is 4.51. The lowest BCUT2D eigenvalue weighted by Crippen LogP contribution is -2.50. The van der Waals surface area contributed by atoms with E-state index >= 15 is 0 Å². The predicted octanol–water partition coefficient (Wildman–Crippen LogP) is 3.96. The van der Waals surface area contributed by atoms with Crippen LogP contribution in [0.25, 0.3) is 0 Å². The molecular weight excluding hydrogens is 327 g/mol. The average molecular weight is 351 g/mol. The molecule has 0 unspecified atom stereocenters. The molecule has 2 aliphatic heterocycles. The number of hydrogen-bond donors (Lipinski definition) is 0. The van der Waals surface area contributed by atoms with Crippen LogP contribution in [0.5, 0.6) is 0 Å². The topological polar surface area (TPSA) is 6.48 Å². The van der Waals surface area contributed by atoms with Gasteiger partial charge in [0.25, 0.3) is 0 Å². The van der Waals surface area contributed by atoms with E-state index in [-0.39, 0.29) is 24.8 Å². The fraction of sp³-hybridized carbons (Fsp3) is 0.368. The second-order valence-corrected chi connectivity index (χ2v) is 6.37. The zero-order valence-electron chi connectivity index (χ0n) is 13.4. The third-order valence-corrected chi connectivity index (χ3v) is 5.04. The molecule has 2 aromatic rings. The number of likely N-dealkylation sites (N-methyl/N-ethyl adjacent to an activating group) is 1. The van der Waals surface area contributed by atoms with Crippen molar-refractivity contribution in [2.24, 2.45) is 0 Å². The maximum atomic E-state index is 2.68. The third kappa shape index (κ3) is 3.41. The van der Waals surface area contributed by atoms with Gasteiger partial charge in [-0.25, -0.2) is 0 Å². The van der Waals surface area contributed by atoms with Crippen molar-refractivity contribution in [3.8, 4) is 0 Å². The van der Waals surface area contributed by atoms with Crippen LogP contribution in [0.3, 0.4) is 0 Å². The Kier molecular flexibility index (Phi) is 6.10. The summed E-state index contributed by atoms with van der Waals surface area (Å²) in [6.45, 7) is 4.66. The summed E-state index contributed by atoms with van der Waals surface area (Å²) in [7, 11) is 2.24. The normalized spacial score (nSPS) is 23.9. The first-order valence-electron chi connectivity index (χ1n) is 7.89. The second kappa shape index (κ2) is 7.67. The van der Waals surface area contributed by atoms with E-state index in [1.54, 1.807) is 0 Å². The van der Waals surface area contributed by atoms with Crippen LogP contribution in [-0.2, 0) is 0 Å². The molecule has 0 amide bonds. The molecule has 23 heavy (non-hydrogen) atoms. The highest BCUT2D eigenvalue weighted by Gasteiger charge is 2.35. The number of halogens is 2. The first kappa shape index (κ1) is 18.3. The van der Waals surface area contributed by atoms with Crippen LogP contribution >= 0.6 is 24.8 Å². The summed E-state index contributed by atoms with van der Waals surface area (Å²) in [4.78, 5) is 5.14. The maximum Gasteiger partial charge on any atom is 0.0478 e. The molecular formula is C19H24Cl2N2. The molecule has 4 rings (SSSR count). The zero-order chi connectivity index (χ0) is 14.2. The minimum absolute atomic E-state index is 0. The summed E-state index contributed by atoms with van der Waals surface area (Å²) in [6.07, 6.45) is 0. The van der Waals surface area contributed by atoms with Gasteiger partial charge in [0.15, 0.2) is 0 Å². The van der Waals surface area contributed by atoms with Gasteiger partial charge < -0.3 is 4.90 Å². The predicted molar refractivity (Wildman–Crippen MR) is 101 cm³/mol. The molecule has 0 aliphatic carbocycles. The van der Waals surface area contributed by atoms with Crippen molar-refractivity contribution in [1.29, 1.82) is 0 Å². The van der Waals surface area contributed by atoms with Gasteiger partial charge in [-0.3, -0.25) is 4.90 Å². The van der Waals surface area contributed by atoms with Crippen molar-refractivity contribution < 1.29 is 0 Å². The molecule has 2 nitrogen and oxygen atoms in total. The molecule has 0 saturated carbocycles. The number of piperazine rings is 1. The van der Waals surface area contributed by atoms with Crippen LogP contribution in [0, 0.1) is 0 Å². The Labute approximate surface area is 151 Å². The van der Waals surface area contributed by atoms with Crippen LogP contribution in [0.4, 0.5) is 0 Å². The SMILES string of the molecule is CN1CCN2C[C@H](c3ccccc3)c3ccccc3[C@H]2C1.Cl.Cl. The number of hydrogen-bond acceptors (Lipinski definition) is 2. The Morgan fingerprint density at radius 3 is 2.17 bits per heavy atom. The van der Waals surface area contributed by atoms with Crippen LogP contribution in [0.1, 0.15) is 28.7 Å². The average Bonchev–Trinajstić information content (AvgIpc) is 2.55. The standard InChI is InChI=1S/C19H22N2.2ClH/c1-20-11-12-21-13-18(15-7-3-2-4-8-15)16-9-5-6-10-17(16)19(21)14-20;;/h2-10,18-19H,11-14H2,1H3;2*1H/t18-,19-;;/m1../s1. The Morgan fingerprint density at radius 2 is 1.43 bits per heavy atom. The minimum Gasteiger partial charge on any atom is -0.303 e. The fourth-order valence-corrected chi connectivity index (χ4v) is 3.91. The first-order valence-corrected chi connectivity index (χ1v) is 7.89. The minimum atomic E-state index is 0. The van der Waals surface area contributed by atoms with Crippen molar-refractivity contribution in [3.05, 3.63) is 71.3 Å². The molecule has 0 radical (unpaired) electrons. The molecule has 1 saturated heterocycles. The van der Waals surface area contributed by atoms with E-state index in [9.17, 15) is 0 Å². The lowest BCUT2D eigenvalue weighted by molar-refractivity contribution is 0.0772. The molecule has 4 heteroatoms. The molecule has 0 aromatic heterocycles. The van der Waals surface area contributed by atoms with Gasteiger partial charge in [-0.15, -0.1) is 24.8 Å². The Balaban J connectivity index is 0.000000960. The third-order valence-electron chi connectivity index (χ3n) is 5.04. The molecule has 2 aromatic carbocycles. The van der Waals surface area contributed by atoms with E-state index in [0.29, 0.717) is 12.0 Å². The highest BCUT2D eigenvalue weighted by molar-refractivity contribution is 5.85. The van der Waals surface area contributed by atoms with E-state index in [0.717, 1.165) is 13.1 Å². The second-order valence-electron chi connectivity index (χ2n) is 6.37. The van der Waals surface area contributed by atoms with Gasteiger partial charge in [-0.2, -0.15) is 0 Å². The van der Waals surface area contributed by atoms with Gasteiger partial charge in [0.2, 0.25) is 0 Å². The van der Waals surface area contributed by atoms with Gasteiger partial charge >= 0.3 is 0 Å². The Bertz CT molecular complexity index is 632. The van der Waals surface area contributed by atoms with Gasteiger partial charge in [0.05, 0.1) is 0 Å². The van der Waals surface area contributed by atoms with Gasteiger partial charge in [-0.05, 0) is 23.7 Å². The van der Waals surface area contributed by atoms with Crippen molar-refractivity contribution in [1.82, 2.24) is 9.80 Å². The molecule has 1 fully saturated rings. The molecule has 0 N–H and O–H groups in total. The van der Waals surface area contributed by atoms with Gasteiger partial charge in [0.1, 0.15) is 0 Å². The van der Waals surface area contributed by atoms with E-state index < -0.39 is 0 Å². The number of benzene rings is 2. The van der Waals surface area contributed by atoms with Crippen molar-refractivity contribution in [3.63, 3.8) is 0 Å². The van der Waals surface area contributed by atoms with Crippen LogP contribution < -0.4 is 0 Å². The van der Waals surface area contributed by atoms with Gasteiger partial charge in [0, 0.05) is 38.1 Å². The summed E-state index contributed by atoms with van der Waals surface area (Å²) < 4.78 is 0. The zero-order valence-corrected chi connectivity index (χ0v) is 15.0. The summed E-state index contributed by atoms with van der Waals surface area (Å²) in [5.74, 6) is 0.516. The highest BCUT2D eigenvalue weighted by Crippen LogP contribution is 2.40. The van der Waals surface area contributed by atoms with Crippen LogP contribution in [0.15, 0.2) is 54.6 Å². The molecule has 0 bridgehead atoms. The Hall–Kier alpha value is -1.06. The smallest absolute Gasteiger partial charge is 0.0478 e. The number of rotatable bonds is 1. The largest absolute Gasteiger partial charge is 0.303 e. The van der Waals surface area contributed by atoms with E-state index in [1.807, 2.05) is 0 Å². The Morgan fingerprint density at radius 1 is 0.783 bits per heavy atom. The van der Waals surface area contributed by atoms with E-state index in [1.165, 1.54) is 29.8 Å². The summed E-state index contributed by atoms with van der Waals surface area (Å²) >= 11 is 0. The van der Waals surface area contributed by atoms with Crippen LogP contribution in [0.2, 0.25) is 0 Å². The number of fused-ring (bicyclic) bond motifs is 3. The molecule has 0 spiro atoms. The quantitative estimate of drug-likeness (QED) is 0.767.